The molecular formula is C17H20N4O. The zero-order valence-electron chi connectivity index (χ0n) is 13.0. The van der Waals surface area contributed by atoms with Crippen LogP contribution in [0.15, 0.2) is 30.6 Å². The minimum Gasteiger partial charge on any atom is -0.356 e. The second-order valence-electron chi connectivity index (χ2n) is 5.79. The van der Waals surface area contributed by atoms with E-state index in [9.17, 15) is 4.79 Å². The van der Waals surface area contributed by atoms with E-state index in [0.717, 1.165) is 30.0 Å². The summed E-state index contributed by atoms with van der Waals surface area (Å²) < 4.78 is 0. The molecule has 3 rings (SSSR count). The molecule has 0 aliphatic carbocycles. The van der Waals surface area contributed by atoms with Gasteiger partial charge in [-0.05, 0) is 38.8 Å². The molecule has 5 nitrogen and oxygen atoms in total. The van der Waals surface area contributed by atoms with Crippen LogP contribution in [0.25, 0.3) is 0 Å². The van der Waals surface area contributed by atoms with Crippen molar-refractivity contribution in [2.45, 2.75) is 26.7 Å². The average molecular weight is 296 g/mol. The van der Waals surface area contributed by atoms with Crippen LogP contribution in [0.1, 0.15) is 34.3 Å². The second-order valence-corrected chi connectivity index (χ2v) is 5.79. The van der Waals surface area contributed by atoms with Gasteiger partial charge < -0.3 is 10.2 Å². The monoisotopic (exact) mass is 296 g/mol. The van der Waals surface area contributed by atoms with Crippen molar-refractivity contribution < 1.29 is 4.79 Å². The Morgan fingerprint density at radius 1 is 1.05 bits per heavy atom. The Hall–Kier alpha value is -2.43. The van der Waals surface area contributed by atoms with Crippen LogP contribution < -0.4 is 10.2 Å². The molecule has 2 aromatic rings. The third-order valence-electron chi connectivity index (χ3n) is 3.81. The van der Waals surface area contributed by atoms with Gasteiger partial charge in [-0.15, -0.1) is 0 Å². The molecule has 1 fully saturated rings. The van der Waals surface area contributed by atoms with Gasteiger partial charge in [-0.3, -0.25) is 4.79 Å². The maximum atomic E-state index is 12.4. The number of carbonyl (C=O) groups is 1. The first-order valence-corrected chi connectivity index (χ1v) is 7.58. The summed E-state index contributed by atoms with van der Waals surface area (Å²) in [5.74, 6) is 1.28. The number of benzene rings is 1. The van der Waals surface area contributed by atoms with Crippen LogP contribution in [0.5, 0.6) is 0 Å². The van der Waals surface area contributed by atoms with E-state index in [-0.39, 0.29) is 5.91 Å². The molecule has 0 unspecified atom stereocenters. The van der Waals surface area contributed by atoms with Crippen molar-refractivity contribution in [2.24, 2.45) is 0 Å². The molecule has 0 atom stereocenters. The van der Waals surface area contributed by atoms with Gasteiger partial charge in [-0.25, -0.2) is 9.97 Å². The van der Waals surface area contributed by atoms with Crippen molar-refractivity contribution in [3.8, 4) is 0 Å². The largest absolute Gasteiger partial charge is 0.356 e. The first kappa shape index (κ1) is 14.5. The molecular weight excluding hydrogens is 276 g/mol. The second kappa shape index (κ2) is 6.13. The van der Waals surface area contributed by atoms with Crippen LogP contribution in [-0.2, 0) is 0 Å². The number of anilines is 2. The molecule has 1 amide bonds. The van der Waals surface area contributed by atoms with Gasteiger partial charge in [0.05, 0.1) is 0 Å². The zero-order chi connectivity index (χ0) is 15.5. The molecule has 1 saturated heterocycles. The fraction of sp³-hybridized carbons (Fsp3) is 0.353. The maximum absolute atomic E-state index is 12.4. The summed E-state index contributed by atoms with van der Waals surface area (Å²) >= 11 is 0. The van der Waals surface area contributed by atoms with E-state index in [0.29, 0.717) is 11.4 Å². The van der Waals surface area contributed by atoms with Gasteiger partial charge in [0.25, 0.3) is 5.91 Å². The molecule has 2 heterocycles. The number of amides is 1. The quantitative estimate of drug-likeness (QED) is 0.946. The highest BCUT2D eigenvalue weighted by atomic mass is 16.1. The lowest BCUT2D eigenvalue weighted by Gasteiger charge is -2.16. The molecule has 0 radical (unpaired) electrons. The standard InChI is InChI=1S/C17H20N4O/c1-12-7-13(2)9-14(8-12)17(22)20-15-10-16(19-11-18-15)21-5-3-4-6-21/h7-11H,3-6H2,1-2H3,(H,18,19,20,22). The van der Waals surface area contributed by atoms with Gasteiger partial charge >= 0.3 is 0 Å². The summed E-state index contributed by atoms with van der Waals surface area (Å²) in [6.45, 7) is 6.00. The Kier molecular flexibility index (Phi) is 4.04. The van der Waals surface area contributed by atoms with Crippen molar-refractivity contribution >= 4 is 17.5 Å². The normalized spacial score (nSPS) is 14.2. The Bertz CT molecular complexity index is 673. The smallest absolute Gasteiger partial charge is 0.256 e. The Morgan fingerprint density at radius 3 is 2.41 bits per heavy atom. The topological polar surface area (TPSA) is 58.1 Å². The van der Waals surface area contributed by atoms with Gasteiger partial charge in [0.1, 0.15) is 18.0 Å². The van der Waals surface area contributed by atoms with Crippen LogP contribution in [-0.4, -0.2) is 29.0 Å². The first-order valence-electron chi connectivity index (χ1n) is 7.58. The molecule has 1 aliphatic heterocycles. The van der Waals surface area contributed by atoms with Gasteiger partial charge in [0, 0.05) is 24.7 Å². The van der Waals surface area contributed by atoms with Crippen LogP contribution in [0.3, 0.4) is 0 Å². The average Bonchev–Trinajstić information content (AvgIpc) is 3.00. The Labute approximate surface area is 130 Å². The van der Waals surface area contributed by atoms with E-state index in [2.05, 4.69) is 20.2 Å². The predicted octanol–water partition coefficient (Wildman–Crippen LogP) is 2.95. The number of hydrogen-bond donors (Lipinski definition) is 1. The highest BCUT2D eigenvalue weighted by Gasteiger charge is 2.15. The molecule has 114 valence electrons. The summed E-state index contributed by atoms with van der Waals surface area (Å²) in [5.41, 5.74) is 2.80. The fourth-order valence-corrected chi connectivity index (χ4v) is 2.83. The van der Waals surface area contributed by atoms with E-state index in [4.69, 9.17) is 0 Å². The molecule has 1 aromatic carbocycles. The summed E-state index contributed by atoms with van der Waals surface area (Å²) in [4.78, 5) is 23.0. The highest BCUT2D eigenvalue weighted by molar-refractivity contribution is 6.04. The summed E-state index contributed by atoms with van der Waals surface area (Å²) in [7, 11) is 0. The number of carbonyl (C=O) groups excluding carboxylic acids is 1. The van der Waals surface area contributed by atoms with Crippen molar-refractivity contribution in [2.75, 3.05) is 23.3 Å². The fourth-order valence-electron chi connectivity index (χ4n) is 2.83. The van der Waals surface area contributed by atoms with E-state index in [1.54, 1.807) is 0 Å². The molecule has 0 spiro atoms. The van der Waals surface area contributed by atoms with E-state index >= 15 is 0 Å². The predicted molar refractivity (Wildman–Crippen MR) is 87.3 cm³/mol. The molecule has 5 heteroatoms. The van der Waals surface area contributed by atoms with Crippen molar-refractivity contribution in [3.63, 3.8) is 0 Å². The van der Waals surface area contributed by atoms with Gasteiger partial charge in [-0.2, -0.15) is 0 Å². The zero-order valence-corrected chi connectivity index (χ0v) is 13.0. The number of aryl methyl sites for hydroxylation is 2. The number of hydrogen-bond acceptors (Lipinski definition) is 4. The van der Waals surface area contributed by atoms with E-state index in [1.807, 2.05) is 38.1 Å². The lowest BCUT2D eigenvalue weighted by molar-refractivity contribution is 0.102. The number of rotatable bonds is 3. The van der Waals surface area contributed by atoms with Crippen molar-refractivity contribution in [1.82, 2.24) is 9.97 Å². The van der Waals surface area contributed by atoms with Crippen LogP contribution in [0.4, 0.5) is 11.6 Å². The van der Waals surface area contributed by atoms with Gasteiger partial charge in [0.2, 0.25) is 0 Å². The third kappa shape index (κ3) is 3.24. The van der Waals surface area contributed by atoms with E-state index in [1.165, 1.54) is 19.2 Å². The molecule has 1 aliphatic rings. The third-order valence-corrected chi connectivity index (χ3v) is 3.81. The molecule has 22 heavy (non-hydrogen) atoms. The summed E-state index contributed by atoms with van der Waals surface area (Å²) in [6.07, 6.45) is 3.88. The van der Waals surface area contributed by atoms with Crippen molar-refractivity contribution in [1.29, 1.82) is 0 Å². The minimum absolute atomic E-state index is 0.141. The SMILES string of the molecule is Cc1cc(C)cc(C(=O)Nc2cc(N3CCCC3)ncn2)c1. The van der Waals surface area contributed by atoms with Crippen LogP contribution in [0, 0.1) is 13.8 Å². The van der Waals surface area contributed by atoms with Gasteiger partial charge in [-0.1, -0.05) is 17.2 Å². The maximum Gasteiger partial charge on any atom is 0.256 e. The number of nitrogens with zero attached hydrogens (tertiary/aromatic N) is 3. The Morgan fingerprint density at radius 2 is 1.73 bits per heavy atom. The van der Waals surface area contributed by atoms with Crippen LogP contribution >= 0.6 is 0 Å². The number of aromatic nitrogens is 2. The van der Waals surface area contributed by atoms with Crippen LogP contribution in [0.2, 0.25) is 0 Å². The summed E-state index contributed by atoms with van der Waals surface area (Å²) in [5, 5.41) is 2.86. The summed E-state index contributed by atoms with van der Waals surface area (Å²) in [6, 6.07) is 7.65. The lowest BCUT2D eigenvalue weighted by atomic mass is 10.1. The van der Waals surface area contributed by atoms with Crippen molar-refractivity contribution in [3.05, 3.63) is 47.3 Å². The molecule has 1 aromatic heterocycles. The number of nitrogens with one attached hydrogen (secondary N) is 1. The highest BCUT2D eigenvalue weighted by Crippen LogP contribution is 2.19. The molecule has 0 bridgehead atoms. The minimum atomic E-state index is -0.141. The van der Waals surface area contributed by atoms with Gasteiger partial charge in [0.15, 0.2) is 0 Å². The Balaban J connectivity index is 1.77. The van der Waals surface area contributed by atoms with E-state index < -0.39 is 0 Å². The first-order chi connectivity index (χ1) is 10.6. The molecule has 0 saturated carbocycles. The lowest BCUT2D eigenvalue weighted by Crippen LogP contribution is -2.20. The molecule has 1 N–H and O–H groups in total.